The van der Waals surface area contributed by atoms with E-state index in [1.54, 1.807) is 0 Å². The Morgan fingerprint density at radius 2 is 0.488 bits per heavy atom. The van der Waals surface area contributed by atoms with Gasteiger partial charge in [-0.05, 0) is 50.7 Å². The van der Waals surface area contributed by atoms with Crippen LogP contribution in [0.4, 0.5) is 0 Å². The zero-order valence-corrected chi connectivity index (χ0v) is 31.4. The predicted molar refractivity (Wildman–Crippen MR) is 200 cm³/mol. The molecule has 43 heavy (non-hydrogen) atoms. The monoisotopic (exact) mass is 606 g/mol. The molecule has 260 valence electrons. The second-order valence-corrected chi connectivity index (χ2v) is 15.5. The second kappa shape index (κ2) is 36.4. The van der Waals surface area contributed by atoms with Gasteiger partial charge >= 0.3 is 0 Å². The first-order valence-corrected chi connectivity index (χ1v) is 20.8. The molecule has 0 unspecified atom stereocenters. The molecule has 0 amide bonds. The lowest BCUT2D eigenvalue weighted by Gasteiger charge is -2.22. The Morgan fingerprint density at radius 3 is 0.721 bits per heavy atom. The molecule has 0 radical (unpaired) electrons. The topological polar surface area (TPSA) is 3.24 Å². The number of nitrogens with zero attached hydrogens (tertiary/aromatic N) is 1. The lowest BCUT2D eigenvalue weighted by Crippen LogP contribution is -2.27. The molecule has 0 N–H and O–H groups in total. The van der Waals surface area contributed by atoms with Gasteiger partial charge < -0.3 is 4.90 Å². The molecule has 0 atom stereocenters. The van der Waals surface area contributed by atoms with Crippen molar-refractivity contribution in [2.75, 3.05) is 19.6 Å². The Kier molecular flexibility index (Phi) is 36.4. The molecule has 0 aliphatic heterocycles. The van der Waals surface area contributed by atoms with Crippen LogP contribution in [0.15, 0.2) is 0 Å². The Morgan fingerprint density at radius 1 is 0.279 bits per heavy atom. The molecule has 0 saturated carbocycles. The molecule has 0 aliphatic rings. The zero-order valence-electron chi connectivity index (χ0n) is 31.4. The molecule has 0 fully saturated rings. The van der Waals surface area contributed by atoms with Crippen LogP contribution in [0.5, 0.6) is 0 Å². The third-order valence-corrected chi connectivity index (χ3v) is 9.84. The van der Waals surface area contributed by atoms with Gasteiger partial charge in [-0.25, -0.2) is 0 Å². The fourth-order valence-electron chi connectivity index (χ4n) is 6.76. The summed E-state index contributed by atoms with van der Waals surface area (Å²) in [5, 5.41) is 0. The lowest BCUT2D eigenvalue weighted by molar-refractivity contribution is 0.254. The van der Waals surface area contributed by atoms with Gasteiger partial charge in [0.1, 0.15) is 0 Å². The van der Waals surface area contributed by atoms with Crippen molar-refractivity contribution in [3.05, 3.63) is 0 Å². The summed E-state index contributed by atoms with van der Waals surface area (Å²) in [6.45, 7) is 15.8. The summed E-state index contributed by atoms with van der Waals surface area (Å²) in [6, 6.07) is 0. The van der Waals surface area contributed by atoms with Crippen molar-refractivity contribution in [1.29, 1.82) is 0 Å². The molecule has 0 aliphatic carbocycles. The molecule has 1 nitrogen and oxygen atoms in total. The van der Waals surface area contributed by atoms with E-state index in [1.807, 2.05) is 0 Å². The van der Waals surface area contributed by atoms with Crippen LogP contribution in [0.1, 0.15) is 240 Å². The van der Waals surface area contributed by atoms with E-state index in [1.165, 1.54) is 225 Å². The van der Waals surface area contributed by atoms with Gasteiger partial charge in [-0.2, -0.15) is 0 Å². The lowest BCUT2D eigenvalue weighted by atomic mass is 10.0. The van der Waals surface area contributed by atoms with Gasteiger partial charge in [0, 0.05) is 0 Å². The van der Waals surface area contributed by atoms with E-state index >= 15 is 0 Å². The van der Waals surface area contributed by atoms with Gasteiger partial charge in [0.25, 0.3) is 0 Å². The molecular formula is C42H87N. The van der Waals surface area contributed by atoms with Crippen LogP contribution >= 0.6 is 0 Å². The predicted octanol–water partition coefficient (Wildman–Crippen LogP) is 15.1. The molecule has 0 spiro atoms. The fraction of sp³-hybridized carbons (Fsp3) is 1.00. The second-order valence-electron chi connectivity index (χ2n) is 15.5. The molecule has 0 heterocycles. The van der Waals surface area contributed by atoms with Gasteiger partial charge in [-0.3, -0.25) is 0 Å². The van der Waals surface area contributed by atoms with Crippen molar-refractivity contribution < 1.29 is 0 Å². The molecule has 0 rings (SSSR count). The summed E-state index contributed by atoms with van der Waals surface area (Å²) in [5.74, 6) is 1.78. The van der Waals surface area contributed by atoms with Gasteiger partial charge in [-0.15, -0.1) is 0 Å². The first kappa shape index (κ1) is 43.0. The van der Waals surface area contributed by atoms with Crippen molar-refractivity contribution in [3.63, 3.8) is 0 Å². The van der Waals surface area contributed by atoms with Crippen LogP contribution < -0.4 is 0 Å². The standard InChI is InChI=1S/C42H87N/c1-6-7-8-9-28-33-38-43(39-34-29-24-20-16-12-10-14-18-22-26-31-36-41(2)3)40-35-30-25-21-17-13-11-15-19-23-27-32-37-42(4)5/h41-42H,6-40H2,1-5H3. The Labute approximate surface area is 275 Å². The average molecular weight is 606 g/mol. The molecule has 0 aromatic carbocycles. The molecule has 1 heteroatoms. The fourth-order valence-corrected chi connectivity index (χ4v) is 6.76. The smallest absolute Gasteiger partial charge is 0.00187 e. The van der Waals surface area contributed by atoms with Crippen molar-refractivity contribution in [1.82, 2.24) is 4.90 Å². The summed E-state index contributed by atoms with van der Waals surface area (Å²) in [6.07, 6.45) is 46.7. The highest BCUT2D eigenvalue weighted by Crippen LogP contribution is 2.16. The van der Waals surface area contributed by atoms with Crippen molar-refractivity contribution >= 4 is 0 Å². The van der Waals surface area contributed by atoms with Crippen molar-refractivity contribution in [2.24, 2.45) is 11.8 Å². The van der Waals surface area contributed by atoms with E-state index in [4.69, 9.17) is 0 Å². The van der Waals surface area contributed by atoms with Crippen LogP contribution in [-0.2, 0) is 0 Å². The first-order valence-electron chi connectivity index (χ1n) is 20.8. The van der Waals surface area contributed by atoms with Gasteiger partial charge in [-0.1, -0.05) is 221 Å². The maximum atomic E-state index is 2.85. The normalized spacial score (nSPS) is 12.0. The highest BCUT2D eigenvalue weighted by atomic mass is 15.1. The SMILES string of the molecule is CCCCCCCCN(CCCCCCCCCCCCCCC(C)C)CCCCCCCCCCCCCCC(C)C. The summed E-state index contributed by atoms with van der Waals surface area (Å²) in [5.41, 5.74) is 0. The summed E-state index contributed by atoms with van der Waals surface area (Å²) < 4.78 is 0. The maximum Gasteiger partial charge on any atom is -0.00187 e. The Balaban J connectivity index is 3.75. The molecule has 0 bridgehead atoms. The van der Waals surface area contributed by atoms with Crippen molar-refractivity contribution in [3.8, 4) is 0 Å². The maximum absolute atomic E-state index is 2.85. The molecule has 0 aromatic rings. The first-order chi connectivity index (χ1) is 21.1. The van der Waals surface area contributed by atoms with E-state index < -0.39 is 0 Å². The third-order valence-electron chi connectivity index (χ3n) is 9.84. The number of unbranched alkanes of at least 4 members (excludes halogenated alkanes) is 27. The van der Waals surface area contributed by atoms with Crippen LogP contribution in [0, 0.1) is 11.8 Å². The van der Waals surface area contributed by atoms with E-state index in [2.05, 4.69) is 39.5 Å². The van der Waals surface area contributed by atoms with Crippen LogP contribution in [0.25, 0.3) is 0 Å². The van der Waals surface area contributed by atoms with Gasteiger partial charge in [0.15, 0.2) is 0 Å². The molecule has 0 aromatic heterocycles. The average Bonchev–Trinajstić information content (AvgIpc) is 2.98. The highest BCUT2D eigenvalue weighted by Gasteiger charge is 2.05. The summed E-state index contributed by atoms with van der Waals surface area (Å²) in [7, 11) is 0. The van der Waals surface area contributed by atoms with E-state index in [9.17, 15) is 0 Å². The van der Waals surface area contributed by atoms with Gasteiger partial charge in [0.05, 0.1) is 0 Å². The van der Waals surface area contributed by atoms with Gasteiger partial charge in [0.2, 0.25) is 0 Å². The van der Waals surface area contributed by atoms with Crippen LogP contribution in [0.2, 0.25) is 0 Å². The number of rotatable bonds is 37. The minimum absolute atomic E-state index is 0.891. The summed E-state index contributed by atoms with van der Waals surface area (Å²) >= 11 is 0. The van der Waals surface area contributed by atoms with E-state index in [0.29, 0.717) is 0 Å². The van der Waals surface area contributed by atoms with Crippen LogP contribution in [-0.4, -0.2) is 24.5 Å². The minimum Gasteiger partial charge on any atom is -0.303 e. The van der Waals surface area contributed by atoms with Crippen LogP contribution in [0.3, 0.4) is 0 Å². The number of hydrogen-bond donors (Lipinski definition) is 0. The Hall–Kier alpha value is -0.0400. The summed E-state index contributed by atoms with van der Waals surface area (Å²) in [4.78, 5) is 2.85. The number of hydrogen-bond acceptors (Lipinski definition) is 1. The highest BCUT2D eigenvalue weighted by molar-refractivity contribution is 4.61. The quantitative estimate of drug-likeness (QED) is 0.0637. The van der Waals surface area contributed by atoms with E-state index in [-0.39, 0.29) is 0 Å². The minimum atomic E-state index is 0.891. The molecule has 0 saturated heterocycles. The van der Waals surface area contributed by atoms with Crippen molar-refractivity contribution in [2.45, 2.75) is 240 Å². The van der Waals surface area contributed by atoms with E-state index in [0.717, 1.165) is 11.8 Å². The molecular weight excluding hydrogens is 518 g/mol. The Bertz CT molecular complexity index is 447. The zero-order chi connectivity index (χ0) is 31.5. The third kappa shape index (κ3) is 38.1. The largest absolute Gasteiger partial charge is 0.303 e.